The highest BCUT2D eigenvalue weighted by Crippen LogP contribution is 2.37. The number of H-pyrrole nitrogens is 2. The molecule has 3 aromatic heterocycles. The van der Waals surface area contributed by atoms with Crippen LogP contribution in [-0.4, -0.2) is 56.0 Å². The second kappa shape index (κ2) is 8.87. The van der Waals surface area contributed by atoms with Crippen LogP contribution in [0, 0.1) is 11.3 Å². The molecular weight excluding hydrogens is 521 g/mol. The summed E-state index contributed by atoms with van der Waals surface area (Å²) < 4.78 is 78.6. The Hall–Kier alpha value is -4.94. The van der Waals surface area contributed by atoms with Crippen LogP contribution in [0.1, 0.15) is 5.56 Å². The van der Waals surface area contributed by atoms with Gasteiger partial charge in [-0.25, -0.2) is 23.1 Å². The molecule has 1 atom stereocenters. The van der Waals surface area contributed by atoms with Gasteiger partial charge in [0.1, 0.15) is 17.5 Å². The fourth-order valence-electron chi connectivity index (χ4n) is 3.97. The Balaban J connectivity index is 1.48. The first-order valence-electron chi connectivity index (χ1n) is 10.7. The number of halogens is 5. The van der Waals surface area contributed by atoms with Gasteiger partial charge in [-0.3, -0.25) is 9.78 Å². The molecule has 4 heterocycles. The van der Waals surface area contributed by atoms with E-state index in [0.717, 1.165) is 18.3 Å². The Morgan fingerprint density at radius 1 is 1.21 bits per heavy atom. The Morgan fingerprint density at radius 2 is 2.00 bits per heavy atom. The molecule has 0 spiro atoms. The number of nitrogens with zero attached hydrogens (tertiary/aromatic N) is 5. The van der Waals surface area contributed by atoms with Gasteiger partial charge in [0, 0.05) is 24.7 Å². The van der Waals surface area contributed by atoms with Gasteiger partial charge in [-0.05, 0) is 18.2 Å². The summed E-state index contributed by atoms with van der Waals surface area (Å²) in [6.07, 6.45) is -2.99. The van der Waals surface area contributed by atoms with Crippen molar-refractivity contribution < 1.29 is 31.4 Å². The summed E-state index contributed by atoms with van der Waals surface area (Å²) >= 11 is 0. The zero-order valence-corrected chi connectivity index (χ0v) is 18.8. The Morgan fingerprint density at radius 3 is 2.71 bits per heavy atom. The number of benzene rings is 1. The topological polar surface area (TPSA) is 141 Å². The van der Waals surface area contributed by atoms with Gasteiger partial charge in [-0.15, -0.1) is 13.2 Å². The van der Waals surface area contributed by atoms with Crippen molar-refractivity contribution in [3.8, 4) is 28.8 Å². The van der Waals surface area contributed by atoms with Crippen molar-refractivity contribution in [2.45, 2.75) is 18.4 Å². The molecule has 0 radical (unpaired) electrons. The lowest BCUT2D eigenvalue weighted by Gasteiger charge is -2.20. The van der Waals surface area contributed by atoms with E-state index in [1.54, 1.807) is 0 Å². The predicted molar refractivity (Wildman–Crippen MR) is 119 cm³/mol. The summed E-state index contributed by atoms with van der Waals surface area (Å²) in [6, 6.07) is 5.64. The van der Waals surface area contributed by atoms with Gasteiger partial charge in [-0.2, -0.15) is 10.4 Å². The number of aromatic nitrogens is 5. The normalized spacial score (nSPS) is 16.9. The number of nitrogens with one attached hydrogen (secondary N) is 2. The summed E-state index contributed by atoms with van der Waals surface area (Å²) in [6.45, 7) is -1.27. The van der Waals surface area contributed by atoms with Crippen LogP contribution < -0.4 is 25.6 Å². The monoisotopic (exact) mass is 535 g/mol. The van der Waals surface area contributed by atoms with E-state index in [-0.39, 0.29) is 28.3 Å². The number of fused-ring (bicyclic) bond motifs is 1. The maximum atomic E-state index is 15.0. The van der Waals surface area contributed by atoms with Gasteiger partial charge in [0.2, 0.25) is 0 Å². The van der Waals surface area contributed by atoms with Crippen LogP contribution in [0.5, 0.6) is 11.5 Å². The molecule has 0 aliphatic carbocycles. The molecule has 38 heavy (non-hydrogen) atoms. The third-order valence-electron chi connectivity index (χ3n) is 5.61. The fourth-order valence-corrected chi connectivity index (χ4v) is 3.97. The van der Waals surface area contributed by atoms with Crippen LogP contribution in [0.3, 0.4) is 0 Å². The van der Waals surface area contributed by atoms with Crippen molar-refractivity contribution in [1.29, 1.82) is 5.26 Å². The van der Waals surface area contributed by atoms with Gasteiger partial charge in [-0.1, -0.05) is 0 Å². The van der Waals surface area contributed by atoms with E-state index >= 15 is 8.78 Å². The smallest absolute Gasteiger partial charge is 0.482 e. The molecule has 4 aromatic rings. The predicted octanol–water partition coefficient (Wildman–Crippen LogP) is 2.45. The average molecular weight is 535 g/mol. The zero-order chi connectivity index (χ0) is 27.2. The highest BCUT2D eigenvalue weighted by atomic mass is 19.4. The van der Waals surface area contributed by atoms with Crippen LogP contribution in [-0.2, 0) is 0 Å². The summed E-state index contributed by atoms with van der Waals surface area (Å²) in [5, 5.41) is 13.3. The molecule has 1 aliphatic rings. The minimum Gasteiger partial charge on any atom is -0.482 e. The lowest BCUT2D eigenvalue weighted by Crippen LogP contribution is -2.36. The van der Waals surface area contributed by atoms with E-state index in [0.29, 0.717) is 6.07 Å². The molecule has 196 valence electrons. The number of rotatable bonds is 5. The van der Waals surface area contributed by atoms with Crippen molar-refractivity contribution in [3.63, 3.8) is 0 Å². The lowest BCUT2D eigenvalue weighted by molar-refractivity contribution is -0.274. The minimum absolute atomic E-state index is 0.0324. The number of imidazole rings is 1. The molecule has 1 unspecified atom stereocenters. The zero-order valence-electron chi connectivity index (χ0n) is 18.8. The summed E-state index contributed by atoms with van der Waals surface area (Å²) in [5.41, 5.74) is -1.59. The first-order valence-corrected chi connectivity index (χ1v) is 10.7. The van der Waals surface area contributed by atoms with E-state index < -0.39 is 54.0 Å². The molecule has 11 nitrogen and oxygen atoms in total. The quantitative estimate of drug-likeness (QED) is 0.372. The Kier molecular flexibility index (Phi) is 5.77. The molecule has 1 aromatic carbocycles. The van der Waals surface area contributed by atoms with E-state index in [9.17, 15) is 22.8 Å². The van der Waals surface area contributed by atoms with Crippen molar-refractivity contribution >= 4 is 11.3 Å². The van der Waals surface area contributed by atoms with Crippen LogP contribution in [0.25, 0.3) is 16.9 Å². The van der Waals surface area contributed by atoms with Crippen molar-refractivity contribution in [2.75, 3.05) is 18.0 Å². The van der Waals surface area contributed by atoms with Gasteiger partial charge in [0.25, 0.3) is 5.56 Å². The van der Waals surface area contributed by atoms with Crippen LogP contribution >= 0.6 is 0 Å². The SMILES string of the molecule is N#Cc1ccc(OC2CN(c3cc(-c4c[nH]c(=O)[nH]c4=O)nn4ccnc34)CC2(F)F)cc1OC(F)(F)F. The first kappa shape index (κ1) is 24.7. The van der Waals surface area contributed by atoms with Gasteiger partial charge in [0.05, 0.1) is 29.9 Å². The second-order valence-electron chi connectivity index (χ2n) is 8.16. The largest absolute Gasteiger partial charge is 0.573 e. The molecule has 1 aliphatic heterocycles. The highest BCUT2D eigenvalue weighted by molar-refractivity contribution is 5.74. The number of nitriles is 1. The Labute approximate surface area is 207 Å². The third-order valence-corrected chi connectivity index (χ3v) is 5.61. The summed E-state index contributed by atoms with van der Waals surface area (Å²) in [5.74, 6) is -4.72. The lowest BCUT2D eigenvalue weighted by atomic mass is 10.2. The molecule has 16 heteroatoms. The molecule has 1 fully saturated rings. The van der Waals surface area contributed by atoms with E-state index in [2.05, 4.69) is 24.8 Å². The fraction of sp³-hybridized carbons (Fsp3) is 0.227. The number of ether oxygens (including phenoxy) is 2. The maximum Gasteiger partial charge on any atom is 0.573 e. The minimum atomic E-state index is -5.11. The van der Waals surface area contributed by atoms with Crippen LogP contribution in [0.2, 0.25) is 0 Å². The van der Waals surface area contributed by atoms with Crippen molar-refractivity contribution in [3.05, 3.63) is 69.3 Å². The van der Waals surface area contributed by atoms with Gasteiger partial charge < -0.3 is 19.4 Å². The van der Waals surface area contributed by atoms with Crippen LogP contribution in [0.15, 0.2) is 52.4 Å². The number of aromatic amines is 2. The number of anilines is 1. The number of alkyl halides is 5. The average Bonchev–Trinajstić information content (AvgIpc) is 3.41. The maximum absolute atomic E-state index is 15.0. The molecule has 0 bridgehead atoms. The van der Waals surface area contributed by atoms with Crippen molar-refractivity contribution in [1.82, 2.24) is 24.6 Å². The number of hydrogen-bond donors (Lipinski definition) is 2. The molecule has 2 N–H and O–H groups in total. The molecule has 0 saturated carbocycles. The second-order valence-corrected chi connectivity index (χ2v) is 8.16. The summed E-state index contributed by atoms with van der Waals surface area (Å²) in [7, 11) is 0. The molecule has 0 amide bonds. The van der Waals surface area contributed by atoms with Gasteiger partial charge in [0.15, 0.2) is 17.5 Å². The number of hydrogen-bond acceptors (Lipinski definition) is 8. The standard InChI is InChI=1S/C22H14F5N7O4/c23-21(24)10-33(9-17(21)37-12-2-1-11(7-28)16(5-12)38-22(25,26)27)15-6-14(32-34-4-3-29-18(15)34)13-8-30-20(36)31-19(13)35/h1-6,8,17H,9-10H2,(H2,30,31,35,36). The van der Waals surface area contributed by atoms with Crippen LogP contribution in [0.4, 0.5) is 27.6 Å². The summed E-state index contributed by atoms with van der Waals surface area (Å²) in [4.78, 5) is 33.4. The van der Waals surface area contributed by atoms with E-state index in [1.165, 1.54) is 33.9 Å². The Bertz CT molecular complexity index is 1690. The van der Waals surface area contributed by atoms with Gasteiger partial charge >= 0.3 is 18.0 Å². The van der Waals surface area contributed by atoms with Crippen molar-refractivity contribution in [2.24, 2.45) is 0 Å². The molecular formula is C22H14F5N7O4. The highest BCUT2D eigenvalue weighted by Gasteiger charge is 2.51. The molecule has 5 rings (SSSR count). The molecule has 1 saturated heterocycles. The first-order chi connectivity index (χ1) is 17.9. The third kappa shape index (κ3) is 4.73. The van der Waals surface area contributed by atoms with E-state index in [1.807, 2.05) is 0 Å². The van der Waals surface area contributed by atoms with E-state index in [4.69, 9.17) is 10.00 Å².